The topological polar surface area (TPSA) is 72.5 Å². The van der Waals surface area contributed by atoms with Crippen LogP contribution in [0.25, 0.3) is 10.2 Å². The van der Waals surface area contributed by atoms with E-state index in [0.717, 1.165) is 8.27 Å². The van der Waals surface area contributed by atoms with E-state index in [-0.39, 0.29) is 11.0 Å². The van der Waals surface area contributed by atoms with E-state index in [1.807, 2.05) is 18.2 Å². The first-order valence-electron chi connectivity index (χ1n) is 7.41. The third-order valence-electron chi connectivity index (χ3n) is 3.46. The lowest BCUT2D eigenvalue weighted by atomic mass is 10.2. The van der Waals surface area contributed by atoms with E-state index >= 15 is 0 Å². The number of methoxy groups -OCH3 is 2. The second-order valence-corrected chi connectivity index (χ2v) is 7.68. The Morgan fingerprint density at radius 2 is 2.00 bits per heavy atom. The smallest absolute Gasteiger partial charge is 0.258 e. The third-order valence-corrected chi connectivity index (χ3v) is 5.52. The lowest BCUT2D eigenvalue weighted by Gasteiger charge is -2.08. The van der Waals surface area contributed by atoms with Gasteiger partial charge in [0.25, 0.3) is 5.91 Å². The molecule has 0 saturated carbocycles. The van der Waals surface area contributed by atoms with Crippen molar-refractivity contribution in [1.82, 2.24) is 10.3 Å². The van der Waals surface area contributed by atoms with Crippen molar-refractivity contribution in [3.8, 4) is 11.5 Å². The van der Waals surface area contributed by atoms with Gasteiger partial charge in [-0.15, -0.1) is 0 Å². The molecule has 0 radical (unpaired) electrons. The molecule has 2 N–H and O–H groups in total. The van der Waals surface area contributed by atoms with Crippen LogP contribution in [-0.4, -0.2) is 30.2 Å². The Hall–Kier alpha value is -1.98. The van der Waals surface area contributed by atoms with E-state index in [2.05, 4.69) is 38.2 Å². The van der Waals surface area contributed by atoms with Gasteiger partial charge < -0.3 is 14.8 Å². The van der Waals surface area contributed by atoms with Crippen molar-refractivity contribution >= 4 is 72.5 Å². The van der Waals surface area contributed by atoms with E-state index in [1.165, 1.54) is 11.3 Å². The minimum absolute atomic E-state index is 0.180. The molecule has 9 heteroatoms. The molecule has 3 rings (SSSR count). The molecule has 26 heavy (non-hydrogen) atoms. The van der Waals surface area contributed by atoms with Crippen molar-refractivity contribution in [1.29, 1.82) is 0 Å². The van der Waals surface area contributed by atoms with Gasteiger partial charge in [-0.05, 0) is 53.0 Å². The molecule has 0 aliphatic heterocycles. The first-order chi connectivity index (χ1) is 12.5. The fourth-order valence-corrected chi connectivity index (χ4v) is 4.05. The zero-order valence-corrected chi connectivity index (χ0v) is 17.6. The fraction of sp³-hybridized carbons (Fsp3) is 0.118. The molecular formula is C17H14IN3O3S2. The summed E-state index contributed by atoms with van der Waals surface area (Å²) in [5.41, 5.74) is 1.26. The van der Waals surface area contributed by atoms with Gasteiger partial charge in [0.05, 0.1) is 24.5 Å². The standard InChI is InChI=1S/C17H14IN3O3S2/c1-23-9-7-12(24-2)14-13(8-9)26-17(19-14)21-16(25)20-15(22)10-5-3-4-6-11(10)18/h3-8H,1-2H3,(H2,19,20,21,22,25). The lowest BCUT2D eigenvalue weighted by Crippen LogP contribution is -2.34. The molecule has 1 amide bonds. The number of thiocarbonyl (C=S) groups is 1. The van der Waals surface area contributed by atoms with Gasteiger partial charge in [-0.25, -0.2) is 4.98 Å². The van der Waals surface area contributed by atoms with Crippen LogP contribution in [0.15, 0.2) is 36.4 Å². The minimum atomic E-state index is -0.270. The second kappa shape index (κ2) is 8.14. The summed E-state index contributed by atoms with van der Waals surface area (Å²) in [5.74, 6) is 1.02. The van der Waals surface area contributed by atoms with Crippen molar-refractivity contribution in [3.05, 3.63) is 45.5 Å². The summed E-state index contributed by atoms with van der Waals surface area (Å²) < 4.78 is 12.4. The van der Waals surface area contributed by atoms with Crippen LogP contribution in [0.4, 0.5) is 5.13 Å². The molecule has 0 aliphatic carbocycles. The summed E-state index contributed by atoms with van der Waals surface area (Å²) in [6.45, 7) is 0. The Labute approximate surface area is 173 Å². The van der Waals surface area contributed by atoms with Gasteiger partial charge in [-0.2, -0.15) is 0 Å². The number of benzene rings is 2. The highest BCUT2D eigenvalue weighted by Crippen LogP contribution is 2.36. The van der Waals surface area contributed by atoms with Gasteiger partial charge in [-0.1, -0.05) is 23.5 Å². The van der Waals surface area contributed by atoms with E-state index in [9.17, 15) is 4.79 Å². The van der Waals surface area contributed by atoms with E-state index < -0.39 is 0 Å². The number of halogens is 1. The van der Waals surface area contributed by atoms with Gasteiger partial charge >= 0.3 is 0 Å². The molecule has 6 nitrogen and oxygen atoms in total. The Morgan fingerprint density at radius 1 is 1.23 bits per heavy atom. The number of aromatic nitrogens is 1. The molecule has 0 bridgehead atoms. The summed E-state index contributed by atoms with van der Waals surface area (Å²) in [7, 11) is 3.17. The van der Waals surface area contributed by atoms with Crippen molar-refractivity contribution in [2.45, 2.75) is 0 Å². The fourth-order valence-electron chi connectivity index (χ4n) is 2.25. The number of carbonyl (C=O) groups excluding carboxylic acids is 1. The Morgan fingerprint density at radius 3 is 2.69 bits per heavy atom. The SMILES string of the molecule is COc1cc(OC)c2nc(NC(=S)NC(=O)c3ccccc3I)sc2c1. The quantitative estimate of drug-likeness (QED) is 0.417. The summed E-state index contributed by atoms with van der Waals surface area (Å²) in [4.78, 5) is 16.8. The maximum atomic E-state index is 12.3. The zero-order chi connectivity index (χ0) is 18.7. The number of anilines is 1. The number of rotatable bonds is 4. The van der Waals surface area contributed by atoms with Crippen LogP contribution in [0, 0.1) is 3.57 Å². The molecule has 1 aromatic heterocycles. The molecule has 134 valence electrons. The number of ether oxygens (including phenoxy) is 2. The van der Waals surface area contributed by atoms with Crippen LogP contribution < -0.4 is 20.1 Å². The molecule has 0 unspecified atom stereocenters. The van der Waals surface area contributed by atoms with Gasteiger partial charge in [0, 0.05) is 9.64 Å². The van der Waals surface area contributed by atoms with Crippen LogP contribution >= 0.6 is 46.1 Å². The average Bonchev–Trinajstić information content (AvgIpc) is 3.02. The monoisotopic (exact) mass is 499 g/mol. The molecule has 0 aliphatic rings. The molecule has 0 atom stereocenters. The number of nitrogens with zero attached hydrogens (tertiary/aromatic N) is 1. The summed E-state index contributed by atoms with van der Waals surface area (Å²) in [5, 5.41) is 6.35. The number of hydrogen-bond acceptors (Lipinski definition) is 6. The van der Waals surface area contributed by atoms with Gasteiger partial charge in [0.15, 0.2) is 10.2 Å². The number of hydrogen-bond donors (Lipinski definition) is 2. The van der Waals surface area contributed by atoms with Crippen LogP contribution in [0.2, 0.25) is 0 Å². The molecule has 3 aromatic rings. The van der Waals surface area contributed by atoms with Crippen molar-refractivity contribution in [3.63, 3.8) is 0 Å². The predicted molar refractivity (Wildman–Crippen MR) is 116 cm³/mol. The third kappa shape index (κ3) is 4.05. The zero-order valence-electron chi connectivity index (χ0n) is 13.8. The average molecular weight is 499 g/mol. The minimum Gasteiger partial charge on any atom is -0.497 e. The van der Waals surface area contributed by atoms with E-state index in [4.69, 9.17) is 21.7 Å². The molecular weight excluding hydrogens is 485 g/mol. The summed E-state index contributed by atoms with van der Waals surface area (Å²) >= 11 is 8.73. The summed E-state index contributed by atoms with van der Waals surface area (Å²) in [6, 6.07) is 10.9. The van der Waals surface area contributed by atoms with Crippen LogP contribution in [-0.2, 0) is 0 Å². The second-order valence-electron chi connectivity index (χ2n) is 5.08. The van der Waals surface area contributed by atoms with Gasteiger partial charge in [0.2, 0.25) is 0 Å². The van der Waals surface area contributed by atoms with E-state index in [1.54, 1.807) is 32.4 Å². The van der Waals surface area contributed by atoms with Crippen molar-refractivity contribution in [2.24, 2.45) is 0 Å². The Balaban J connectivity index is 1.77. The lowest BCUT2D eigenvalue weighted by molar-refractivity contribution is 0.0977. The number of fused-ring (bicyclic) bond motifs is 1. The predicted octanol–water partition coefficient (Wildman–Crippen LogP) is 4.04. The maximum absolute atomic E-state index is 12.3. The Kier molecular flexibility index (Phi) is 5.89. The number of carbonyl (C=O) groups is 1. The molecule has 0 saturated heterocycles. The van der Waals surface area contributed by atoms with E-state index in [0.29, 0.717) is 27.7 Å². The molecule has 0 spiro atoms. The van der Waals surface area contributed by atoms with Crippen molar-refractivity contribution in [2.75, 3.05) is 19.5 Å². The highest BCUT2D eigenvalue weighted by atomic mass is 127. The maximum Gasteiger partial charge on any atom is 0.258 e. The first kappa shape index (κ1) is 18.8. The van der Waals surface area contributed by atoms with Crippen LogP contribution in [0.3, 0.4) is 0 Å². The number of amides is 1. The number of nitrogens with one attached hydrogen (secondary N) is 2. The normalized spacial score (nSPS) is 10.4. The molecule has 2 aromatic carbocycles. The van der Waals surface area contributed by atoms with Gasteiger partial charge in [0.1, 0.15) is 17.0 Å². The van der Waals surface area contributed by atoms with Crippen LogP contribution in [0.1, 0.15) is 10.4 Å². The first-order valence-corrected chi connectivity index (χ1v) is 9.71. The highest BCUT2D eigenvalue weighted by Gasteiger charge is 2.14. The largest absolute Gasteiger partial charge is 0.497 e. The number of thiazole rings is 1. The molecule has 1 heterocycles. The molecule has 0 fully saturated rings. The van der Waals surface area contributed by atoms with Crippen LogP contribution in [0.5, 0.6) is 11.5 Å². The van der Waals surface area contributed by atoms with Gasteiger partial charge in [-0.3, -0.25) is 10.1 Å². The Bertz CT molecular complexity index is 991. The summed E-state index contributed by atoms with van der Waals surface area (Å²) in [6.07, 6.45) is 0. The highest BCUT2D eigenvalue weighted by molar-refractivity contribution is 14.1. The van der Waals surface area contributed by atoms with Crippen molar-refractivity contribution < 1.29 is 14.3 Å².